The molecular formula is C12H18O3. The molecule has 15 heavy (non-hydrogen) atoms. The number of rotatable bonds is 2. The molecule has 1 rings (SSSR count). The third-order valence-corrected chi connectivity index (χ3v) is 2.81. The van der Waals surface area contributed by atoms with E-state index >= 15 is 0 Å². The van der Waals surface area contributed by atoms with E-state index in [9.17, 15) is 9.90 Å². The van der Waals surface area contributed by atoms with E-state index in [1.54, 1.807) is 0 Å². The van der Waals surface area contributed by atoms with Crippen LogP contribution < -0.4 is 0 Å². The zero-order valence-corrected chi connectivity index (χ0v) is 9.16. The van der Waals surface area contributed by atoms with Gasteiger partial charge in [-0.05, 0) is 12.3 Å². The van der Waals surface area contributed by atoms with E-state index in [0.717, 1.165) is 0 Å². The van der Waals surface area contributed by atoms with Crippen LogP contribution in [0.15, 0.2) is 0 Å². The highest BCUT2D eigenvalue weighted by Crippen LogP contribution is 2.27. The molecule has 84 valence electrons. The number of esters is 1. The molecule has 0 spiro atoms. The van der Waals surface area contributed by atoms with Crippen LogP contribution in [0.25, 0.3) is 0 Å². The predicted molar refractivity (Wildman–Crippen MR) is 57.0 cm³/mol. The maximum atomic E-state index is 10.7. The van der Waals surface area contributed by atoms with Crippen molar-refractivity contribution in [3.63, 3.8) is 0 Å². The molecule has 3 nitrogen and oxygen atoms in total. The Balaban J connectivity index is 2.29. The van der Waals surface area contributed by atoms with Crippen molar-refractivity contribution in [2.75, 3.05) is 7.11 Å². The minimum absolute atomic E-state index is 0.570. The summed E-state index contributed by atoms with van der Waals surface area (Å²) in [6.07, 6.45) is 6.16. The van der Waals surface area contributed by atoms with Crippen LogP contribution in [0.3, 0.4) is 0 Å². The largest absolute Gasteiger partial charge is 0.459 e. The van der Waals surface area contributed by atoms with Crippen LogP contribution in [0, 0.1) is 17.8 Å². The van der Waals surface area contributed by atoms with Crippen molar-refractivity contribution >= 4 is 5.97 Å². The van der Waals surface area contributed by atoms with Gasteiger partial charge < -0.3 is 9.84 Å². The molecular weight excluding hydrogens is 192 g/mol. The normalized spacial score (nSPS) is 18.8. The predicted octanol–water partition coefficient (Wildman–Crippen LogP) is 1.49. The van der Waals surface area contributed by atoms with Crippen molar-refractivity contribution in [3.8, 4) is 11.8 Å². The molecule has 0 aromatic heterocycles. The van der Waals surface area contributed by atoms with Gasteiger partial charge in [0.05, 0.1) is 7.11 Å². The summed E-state index contributed by atoms with van der Waals surface area (Å²) in [4.78, 5) is 10.7. The average Bonchev–Trinajstić information content (AvgIpc) is 2.27. The van der Waals surface area contributed by atoms with Crippen LogP contribution >= 0.6 is 0 Å². The Morgan fingerprint density at radius 1 is 1.47 bits per heavy atom. The molecule has 0 bridgehead atoms. The number of hydrogen-bond acceptors (Lipinski definition) is 3. The van der Waals surface area contributed by atoms with E-state index in [4.69, 9.17) is 0 Å². The van der Waals surface area contributed by atoms with Crippen LogP contribution in [0.1, 0.15) is 38.5 Å². The molecule has 1 atom stereocenters. The van der Waals surface area contributed by atoms with Gasteiger partial charge in [-0.15, -0.1) is 0 Å². The number of ether oxygens (including phenoxy) is 1. The minimum atomic E-state index is -0.688. The first kappa shape index (κ1) is 12.1. The highest BCUT2D eigenvalue weighted by molar-refractivity contribution is 5.88. The molecule has 0 aromatic rings. The minimum Gasteiger partial charge on any atom is -0.459 e. The van der Waals surface area contributed by atoms with Crippen molar-refractivity contribution in [2.45, 2.75) is 44.6 Å². The summed E-state index contributed by atoms with van der Waals surface area (Å²) in [5, 5.41) is 9.56. The Bertz CT molecular complexity index is 256. The Kier molecular flexibility index (Phi) is 5.20. The van der Waals surface area contributed by atoms with Gasteiger partial charge in [0.25, 0.3) is 0 Å². The maximum Gasteiger partial charge on any atom is 0.384 e. The fourth-order valence-corrected chi connectivity index (χ4v) is 1.99. The first-order chi connectivity index (χ1) is 7.22. The van der Waals surface area contributed by atoms with E-state index in [2.05, 4.69) is 16.6 Å². The Labute approximate surface area is 90.8 Å². The van der Waals surface area contributed by atoms with Crippen LogP contribution in [0.2, 0.25) is 0 Å². The Morgan fingerprint density at radius 3 is 2.73 bits per heavy atom. The number of carbonyl (C=O) groups is 1. The summed E-state index contributed by atoms with van der Waals surface area (Å²) in [6.45, 7) is 0. The van der Waals surface area contributed by atoms with Gasteiger partial charge in [0.2, 0.25) is 0 Å². The zero-order chi connectivity index (χ0) is 11.1. The van der Waals surface area contributed by atoms with Gasteiger partial charge in [-0.1, -0.05) is 38.0 Å². The topological polar surface area (TPSA) is 46.5 Å². The van der Waals surface area contributed by atoms with Crippen LogP contribution in [0.5, 0.6) is 0 Å². The summed E-state index contributed by atoms with van der Waals surface area (Å²) >= 11 is 0. The van der Waals surface area contributed by atoms with Crippen molar-refractivity contribution < 1.29 is 14.6 Å². The molecule has 0 heterocycles. The van der Waals surface area contributed by atoms with E-state index in [0.29, 0.717) is 12.3 Å². The van der Waals surface area contributed by atoms with Crippen molar-refractivity contribution in [1.29, 1.82) is 0 Å². The number of aliphatic hydroxyl groups excluding tert-OH is 1. The van der Waals surface area contributed by atoms with Crippen molar-refractivity contribution in [2.24, 2.45) is 5.92 Å². The Morgan fingerprint density at radius 2 is 2.13 bits per heavy atom. The lowest BCUT2D eigenvalue weighted by Gasteiger charge is -2.21. The van der Waals surface area contributed by atoms with Crippen molar-refractivity contribution in [3.05, 3.63) is 0 Å². The second-order valence-corrected chi connectivity index (χ2v) is 4.02. The molecule has 1 unspecified atom stereocenters. The first-order valence-corrected chi connectivity index (χ1v) is 5.50. The van der Waals surface area contributed by atoms with Gasteiger partial charge >= 0.3 is 5.97 Å². The highest BCUT2D eigenvalue weighted by Gasteiger charge is 2.16. The maximum absolute atomic E-state index is 10.7. The number of carbonyl (C=O) groups excluding carboxylic acids is 1. The molecule has 0 aromatic carbocycles. The number of methoxy groups -OCH3 is 1. The molecule has 0 radical (unpaired) electrons. The van der Waals surface area contributed by atoms with Crippen LogP contribution in [0.4, 0.5) is 0 Å². The van der Waals surface area contributed by atoms with E-state index in [1.807, 2.05) is 0 Å². The smallest absolute Gasteiger partial charge is 0.384 e. The summed E-state index contributed by atoms with van der Waals surface area (Å²) in [6, 6.07) is 0. The molecule has 1 aliphatic rings. The molecule has 3 heteroatoms. The third kappa shape index (κ3) is 4.85. The summed E-state index contributed by atoms with van der Waals surface area (Å²) < 4.78 is 4.37. The van der Waals surface area contributed by atoms with Gasteiger partial charge in [-0.2, -0.15) is 0 Å². The highest BCUT2D eigenvalue weighted by atomic mass is 16.5. The van der Waals surface area contributed by atoms with Crippen LogP contribution in [-0.4, -0.2) is 24.3 Å². The van der Waals surface area contributed by atoms with Gasteiger partial charge in [0.15, 0.2) is 0 Å². The van der Waals surface area contributed by atoms with Gasteiger partial charge in [0, 0.05) is 5.92 Å². The number of hydrogen-bond donors (Lipinski definition) is 1. The average molecular weight is 210 g/mol. The van der Waals surface area contributed by atoms with Crippen LogP contribution in [-0.2, 0) is 9.53 Å². The Hall–Kier alpha value is -1.01. The standard InChI is InChI=1S/C12H18O3/c1-15-12(14)8-7-11(13)9-10-5-3-2-4-6-10/h10-11,13H,2-6,9H2,1H3. The molecule has 1 aliphatic carbocycles. The van der Waals surface area contributed by atoms with E-state index < -0.39 is 12.1 Å². The quantitative estimate of drug-likeness (QED) is 0.427. The zero-order valence-electron chi connectivity index (χ0n) is 9.16. The van der Waals surface area contributed by atoms with Gasteiger partial charge in [0.1, 0.15) is 6.10 Å². The molecule has 1 N–H and O–H groups in total. The lowest BCUT2D eigenvalue weighted by Crippen LogP contribution is -2.15. The molecule has 1 fully saturated rings. The lowest BCUT2D eigenvalue weighted by atomic mass is 9.85. The fraction of sp³-hybridized carbons (Fsp3) is 0.750. The van der Waals surface area contributed by atoms with E-state index in [-0.39, 0.29) is 0 Å². The lowest BCUT2D eigenvalue weighted by molar-refractivity contribution is -0.133. The molecule has 0 amide bonds. The second-order valence-electron chi connectivity index (χ2n) is 4.02. The molecule has 0 aliphatic heterocycles. The summed E-state index contributed by atoms with van der Waals surface area (Å²) in [5.41, 5.74) is 0. The second kappa shape index (κ2) is 6.47. The van der Waals surface area contributed by atoms with Gasteiger partial charge in [-0.25, -0.2) is 4.79 Å². The first-order valence-electron chi connectivity index (χ1n) is 5.50. The SMILES string of the molecule is COC(=O)C#CC(O)CC1CCCCC1. The summed E-state index contributed by atoms with van der Waals surface area (Å²) in [5.74, 6) is 4.76. The third-order valence-electron chi connectivity index (χ3n) is 2.81. The number of aliphatic hydroxyl groups is 1. The van der Waals surface area contributed by atoms with Gasteiger partial charge in [-0.3, -0.25) is 0 Å². The summed E-state index contributed by atoms with van der Waals surface area (Å²) in [7, 11) is 1.28. The van der Waals surface area contributed by atoms with Crippen molar-refractivity contribution in [1.82, 2.24) is 0 Å². The molecule has 1 saturated carbocycles. The monoisotopic (exact) mass is 210 g/mol. The van der Waals surface area contributed by atoms with E-state index in [1.165, 1.54) is 39.2 Å². The fourth-order valence-electron chi connectivity index (χ4n) is 1.99. The molecule has 0 saturated heterocycles.